The zero-order valence-corrected chi connectivity index (χ0v) is 5.63. The molecule has 1 rings (SSSR count). The number of halogens is 1. The normalized spacial score (nSPS) is 39.9. The molecule has 1 N–H and O–H groups in total. The highest BCUT2D eigenvalue weighted by molar-refractivity contribution is 5.81. The molecule has 0 radical (unpaired) electrons. The Morgan fingerprint density at radius 3 is 2.80 bits per heavy atom. The summed E-state index contributed by atoms with van der Waals surface area (Å²) >= 11 is 0. The van der Waals surface area contributed by atoms with Crippen molar-refractivity contribution >= 4 is 5.97 Å². The van der Waals surface area contributed by atoms with E-state index in [9.17, 15) is 9.18 Å². The third-order valence-electron chi connectivity index (χ3n) is 1.51. The Balaban J connectivity index is 2.62. The molecule has 1 aliphatic rings. The van der Waals surface area contributed by atoms with E-state index in [-0.39, 0.29) is 13.0 Å². The van der Waals surface area contributed by atoms with Crippen molar-refractivity contribution in [2.75, 3.05) is 6.61 Å². The highest BCUT2D eigenvalue weighted by atomic mass is 19.1. The highest BCUT2D eigenvalue weighted by Gasteiger charge is 2.45. The fraction of sp³-hybridized carbons (Fsp3) is 0.833. The molecule has 0 aromatic rings. The first-order valence-electron chi connectivity index (χ1n) is 3.07. The summed E-state index contributed by atoms with van der Waals surface area (Å²) in [6, 6.07) is 0. The standard InChI is InChI=1S/C6H9FO3/c1-6(7)2-4(3-8)10-5(6)9/h4,8H,2-3H2,1H3/t4?,6-/m1/s1. The van der Waals surface area contributed by atoms with Gasteiger partial charge in [-0.15, -0.1) is 0 Å². The SMILES string of the molecule is C[C@@]1(F)CC(CO)OC1=O. The maximum absolute atomic E-state index is 12.9. The molecule has 0 aromatic carbocycles. The molecule has 0 saturated carbocycles. The second-order valence-electron chi connectivity index (χ2n) is 2.61. The van der Waals surface area contributed by atoms with Crippen LogP contribution >= 0.6 is 0 Å². The summed E-state index contributed by atoms with van der Waals surface area (Å²) < 4.78 is 17.3. The molecule has 10 heavy (non-hydrogen) atoms. The van der Waals surface area contributed by atoms with Crippen LogP contribution in [0.5, 0.6) is 0 Å². The monoisotopic (exact) mass is 148 g/mol. The molecular weight excluding hydrogens is 139 g/mol. The van der Waals surface area contributed by atoms with E-state index in [0.717, 1.165) is 6.92 Å². The summed E-state index contributed by atoms with van der Waals surface area (Å²) in [4.78, 5) is 10.6. The lowest BCUT2D eigenvalue weighted by atomic mass is 10.1. The van der Waals surface area contributed by atoms with Crippen LogP contribution in [0.3, 0.4) is 0 Å². The Morgan fingerprint density at radius 1 is 2.00 bits per heavy atom. The van der Waals surface area contributed by atoms with Crippen molar-refractivity contribution in [3.05, 3.63) is 0 Å². The molecule has 1 unspecified atom stereocenters. The Hall–Kier alpha value is -0.640. The van der Waals surface area contributed by atoms with E-state index < -0.39 is 17.7 Å². The van der Waals surface area contributed by atoms with E-state index in [2.05, 4.69) is 4.74 Å². The average Bonchev–Trinajstić information content (AvgIpc) is 2.08. The maximum Gasteiger partial charge on any atom is 0.344 e. The van der Waals surface area contributed by atoms with Crippen LogP contribution in [0.1, 0.15) is 13.3 Å². The number of aliphatic hydroxyl groups excluding tert-OH is 1. The number of cyclic esters (lactones) is 1. The smallest absolute Gasteiger partial charge is 0.344 e. The van der Waals surface area contributed by atoms with Gasteiger partial charge in [0.2, 0.25) is 5.67 Å². The summed E-state index contributed by atoms with van der Waals surface area (Å²) in [7, 11) is 0. The second-order valence-corrected chi connectivity index (χ2v) is 2.61. The summed E-state index contributed by atoms with van der Waals surface area (Å²) in [5.74, 6) is -0.869. The topological polar surface area (TPSA) is 46.5 Å². The van der Waals surface area contributed by atoms with Crippen LogP contribution in [-0.2, 0) is 9.53 Å². The molecule has 1 saturated heterocycles. The molecule has 4 heteroatoms. The third kappa shape index (κ3) is 1.11. The minimum Gasteiger partial charge on any atom is -0.457 e. The lowest BCUT2D eigenvalue weighted by Crippen LogP contribution is -2.23. The van der Waals surface area contributed by atoms with Gasteiger partial charge in [0, 0.05) is 6.42 Å². The van der Waals surface area contributed by atoms with Crippen molar-refractivity contribution in [2.24, 2.45) is 0 Å². The van der Waals surface area contributed by atoms with E-state index in [1.54, 1.807) is 0 Å². The van der Waals surface area contributed by atoms with Crippen molar-refractivity contribution < 1.29 is 19.0 Å². The Labute approximate surface area is 57.8 Å². The number of carbonyl (C=O) groups is 1. The molecule has 1 aliphatic heterocycles. The molecule has 1 heterocycles. The van der Waals surface area contributed by atoms with Gasteiger partial charge in [0.1, 0.15) is 6.10 Å². The molecule has 0 aliphatic carbocycles. The van der Waals surface area contributed by atoms with E-state index in [1.807, 2.05) is 0 Å². The van der Waals surface area contributed by atoms with E-state index >= 15 is 0 Å². The highest BCUT2D eigenvalue weighted by Crippen LogP contribution is 2.28. The fourth-order valence-corrected chi connectivity index (χ4v) is 0.929. The summed E-state index contributed by atoms with van der Waals surface area (Å²) in [5, 5.41) is 8.47. The number of rotatable bonds is 1. The van der Waals surface area contributed by atoms with E-state index in [0.29, 0.717) is 0 Å². The molecule has 3 nitrogen and oxygen atoms in total. The van der Waals surface area contributed by atoms with E-state index in [4.69, 9.17) is 5.11 Å². The molecule has 1 fully saturated rings. The minimum atomic E-state index is -1.90. The van der Waals surface area contributed by atoms with Crippen molar-refractivity contribution in [2.45, 2.75) is 25.1 Å². The molecule has 2 atom stereocenters. The number of hydrogen-bond donors (Lipinski definition) is 1. The molecule has 0 bridgehead atoms. The van der Waals surface area contributed by atoms with Crippen molar-refractivity contribution in [1.82, 2.24) is 0 Å². The van der Waals surface area contributed by atoms with Gasteiger partial charge in [0.05, 0.1) is 6.61 Å². The second kappa shape index (κ2) is 2.20. The van der Waals surface area contributed by atoms with Gasteiger partial charge < -0.3 is 9.84 Å². The van der Waals surface area contributed by atoms with Gasteiger partial charge in [0.25, 0.3) is 0 Å². The lowest BCUT2D eigenvalue weighted by molar-refractivity contribution is -0.150. The predicted molar refractivity (Wildman–Crippen MR) is 31.1 cm³/mol. The largest absolute Gasteiger partial charge is 0.457 e. The third-order valence-corrected chi connectivity index (χ3v) is 1.51. The van der Waals surface area contributed by atoms with Gasteiger partial charge in [-0.2, -0.15) is 0 Å². The average molecular weight is 148 g/mol. The summed E-state index contributed by atoms with van der Waals surface area (Å²) in [5.41, 5.74) is -1.90. The number of aliphatic hydroxyl groups is 1. The lowest BCUT2D eigenvalue weighted by Gasteiger charge is -2.03. The van der Waals surface area contributed by atoms with Crippen LogP contribution in [0.25, 0.3) is 0 Å². The first-order chi connectivity index (χ1) is 4.56. The minimum absolute atomic E-state index is 0.0394. The fourth-order valence-electron chi connectivity index (χ4n) is 0.929. The first kappa shape index (κ1) is 7.47. The Morgan fingerprint density at radius 2 is 2.60 bits per heavy atom. The van der Waals surface area contributed by atoms with Gasteiger partial charge in [0.15, 0.2) is 0 Å². The van der Waals surface area contributed by atoms with Crippen molar-refractivity contribution in [3.8, 4) is 0 Å². The Bertz CT molecular complexity index is 155. The van der Waals surface area contributed by atoms with Gasteiger partial charge in [-0.25, -0.2) is 9.18 Å². The van der Waals surface area contributed by atoms with Crippen LogP contribution < -0.4 is 0 Å². The van der Waals surface area contributed by atoms with Crippen LogP contribution in [0, 0.1) is 0 Å². The number of alkyl halides is 1. The predicted octanol–water partition coefficient (Wildman–Crippen LogP) is 0.0224. The number of hydrogen-bond acceptors (Lipinski definition) is 3. The number of ether oxygens (including phenoxy) is 1. The summed E-state index contributed by atoms with van der Waals surface area (Å²) in [6.07, 6.45) is -0.690. The zero-order chi connectivity index (χ0) is 7.78. The van der Waals surface area contributed by atoms with Crippen LogP contribution in [0.15, 0.2) is 0 Å². The van der Waals surface area contributed by atoms with Crippen molar-refractivity contribution in [1.29, 1.82) is 0 Å². The molecule has 0 spiro atoms. The summed E-state index contributed by atoms with van der Waals surface area (Å²) in [6.45, 7) is 0.857. The van der Waals surface area contributed by atoms with Gasteiger partial charge in [-0.3, -0.25) is 0 Å². The zero-order valence-electron chi connectivity index (χ0n) is 5.63. The van der Waals surface area contributed by atoms with Crippen LogP contribution in [0.2, 0.25) is 0 Å². The number of esters is 1. The van der Waals surface area contributed by atoms with E-state index in [1.165, 1.54) is 0 Å². The quantitative estimate of drug-likeness (QED) is 0.533. The van der Waals surface area contributed by atoms with Gasteiger partial charge in [-0.1, -0.05) is 0 Å². The van der Waals surface area contributed by atoms with Crippen molar-refractivity contribution in [3.63, 3.8) is 0 Å². The number of carbonyl (C=O) groups excluding carboxylic acids is 1. The first-order valence-corrected chi connectivity index (χ1v) is 3.07. The van der Waals surface area contributed by atoms with Crippen LogP contribution in [-0.4, -0.2) is 29.5 Å². The van der Waals surface area contributed by atoms with Crippen LogP contribution in [0.4, 0.5) is 4.39 Å². The molecule has 0 amide bonds. The molecule has 0 aromatic heterocycles. The van der Waals surface area contributed by atoms with Gasteiger partial charge in [-0.05, 0) is 6.92 Å². The Kier molecular flexibility index (Phi) is 1.64. The van der Waals surface area contributed by atoms with Gasteiger partial charge >= 0.3 is 5.97 Å². The molecular formula is C6H9FO3. The molecule has 58 valence electrons. The maximum atomic E-state index is 12.9.